The molecule has 1 aromatic heterocycles. The van der Waals surface area contributed by atoms with Gasteiger partial charge in [-0.2, -0.15) is 5.10 Å². The fraction of sp³-hybridized carbons (Fsp3) is 0.538. The van der Waals surface area contributed by atoms with Crippen LogP contribution in [0.15, 0.2) is 14.7 Å². The number of H-pyrrole nitrogens is 1. The number of nitrogens with two attached hydrogens (primary N) is 1. The summed E-state index contributed by atoms with van der Waals surface area (Å²) in [5, 5.41) is 14.0. The van der Waals surface area contributed by atoms with E-state index in [0.717, 1.165) is 32.1 Å². The van der Waals surface area contributed by atoms with Crippen LogP contribution >= 0.6 is 0 Å². The highest BCUT2D eigenvalue weighted by atomic mass is 16.3. The van der Waals surface area contributed by atoms with Gasteiger partial charge in [0.25, 0.3) is 5.56 Å². The molecule has 9 nitrogen and oxygen atoms in total. The van der Waals surface area contributed by atoms with Crippen LogP contribution in [0.1, 0.15) is 50.6 Å². The lowest BCUT2D eigenvalue weighted by atomic mass is 9.95. The quantitative estimate of drug-likeness (QED) is 0.465. The van der Waals surface area contributed by atoms with E-state index < -0.39 is 23.2 Å². The standard InChI is InChI=1S/C13H19N5O4/c1-7(16-17-12(14)21)9-10(19)15-13(22)18(11(9)20)8-5-3-2-4-6-8/h8,20H,2-6H2,1H3,(H3,14,17,21)(H,15,19,22). The number of aromatic nitrogens is 2. The molecule has 1 saturated carbocycles. The van der Waals surface area contributed by atoms with Gasteiger partial charge in [0.1, 0.15) is 5.56 Å². The number of nitrogens with zero attached hydrogens (tertiary/aromatic N) is 2. The van der Waals surface area contributed by atoms with E-state index in [-0.39, 0.29) is 17.3 Å². The average Bonchev–Trinajstić information content (AvgIpc) is 2.45. The summed E-state index contributed by atoms with van der Waals surface area (Å²) in [6.45, 7) is 1.43. The van der Waals surface area contributed by atoms with Crippen LogP contribution in [0.4, 0.5) is 4.79 Å². The fourth-order valence-electron chi connectivity index (χ4n) is 2.74. The van der Waals surface area contributed by atoms with Gasteiger partial charge >= 0.3 is 11.7 Å². The first kappa shape index (κ1) is 15.8. The highest BCUT2D eigenvalue weighted by Crippen LogP contribution is 2.30. The van der Waals surface area contributed by atoms with Gasteiger partial charge in [-0.3, -0.25) is 14.3 Å². The summed E-state index contributed by atoms with van der Waals surface area (Å²) in [6.07, 6.45) is 4.53. The van der Waals surface area contributed by atoms with E-state index in [1.54, 1.807) is 0 Å². The topological polar surface area (TPSA) is 143 Å². The molecule has 5 N–H and O–H groups in total. The van der Waals surface area contributed by atoms with Crippen LogP contribution in [0.5, 0.6) is 5.88 Å². The van der Waals surface area contributed by atoms with Crippen molar-refractivity contribution in [3.8, 4) is 5.88 Å². The molecule has 0 aromatic carbocycles. The van der Waals surface area contributed by atoms with E-state index in [4.69, 9.17) is 5.73 Å². The number of primary amides is 1. The Morgan fingerprint density at radius 2 is 2.00 bits per heavy atom. The summed E-state index contributed by atoms with van der Waals surface area (Å²) in [4.78, 5) is 36.8. The molecular formula is C13H19N5O4. The Labute approximate surface area is 125 Å². The minimum absolute atomic E-state index is 0.0575. The van der Waals surface area contributed by atoms with Crippen molar-refractivity contribution in [1.29, 1.82) is 0 Å². The van der Waals surface area contributed by atoms with Gasteiger partial charge in [0, 0.05) is 6.04 Å². The zero-order valence-electron chi connectivity index (χ0n) is 12.3. The van der Waals surface area contributed by atoms with E-state index in [9.17, 15) is 19.5 Å². The SMILES string of the molecule is CC(=NNC(N)=O)c1c(O)n(C2CCCCC2)c(=O)[nH]c1=O. The third kappa shape index (κ3) is 3.18. The van der Waals surface area contributed by atoms with Crippen molar-refractivity contribution in [2.75, 3.05) is 0 Å². The van der Waals surface area contributed by atoms with Crippen molar-refractivity contribution in [2.24, 2.45) is 10.8 Å². The minimum atomic E-state index is -0.893. The van der Waals surface area contributed by atoms with E-state index in [1.807, 2.05) is 5.43 Å². The van der Waals surface area contributed by atoms with Crippen molar-refractivity contribution >= 4 is 11.7 Å². The molecule has 1 heterocycles. The molecule has 0 atom stereocenters. The van der Waals surface area contributed by atoms with Crippen LogP contribution in [-0.2, 0) is 0 Å². The lowest BCUT2D eigenvalue weighted by Crippen LogP contribution is -2.36. The molecule has 1 aromatic rings. The smallest absolute Gasteiger partial charge is 0.332 e. The second-order valence-corrected chi connectivity index (χ2v) is 5.29. The van der Waals surface area contributed by atoms with Crippen LogP contribution in [-0.4, -0.2) is 26.4 Å². The maximum Gasteiger partial charge on any atom is 0.332 e. The molecule has 1 fully saturated rings. The largest absolute Gasteiger partial charge is 0.494 e. The molecular weight excluding hydrogens is 290 g/mol. The third-order valence-corrected chi connectivity index (χ3v) is 3.75. The number of hydrazone groups is 1. The second kappa shape index (κ2) is 6.46. The highest BCUT2D eigenvalue weighted by Gasteiger charge is 2.24. The number of hydrogen-bond acceptors (Lipinski definition) is 5. The number of aromatic hydroxyl groups is 1. The molecule has 0 bridgehead atoms. The number of nitrogens with one attached hydrogen (secondary N) is 2. The number of aromatic amines is 1. The van der Waals surface area contributed by atoms with Crippen molar-refractivity contribution in [2.45, 2.75) is 45.1 Å². The molecule has 9 heteroatoms. The molecule has 0 unspecified atom stereocenters. The Kier molecular flexibility index (Phi) is 4.64. The van der Waals surface area contributed by atoms with Crippen LogP contribution < -0.4 is 22.4 Å². The molecule has 2 rings (SSSR count). The van der Waals surface area contributed by atoms with Crippen molar-refractivity contribution in [3.63, 3.8) is 0 Å². The Hall–Kier alpha value is -2.58. The van der Waals surface area contributed by atoms with Crippen LogP contribution in [0.2, 0.25) is 0 Å². The van der Waals surface area contributed by atoms with Crippen LogP contribution in [0.3, 0.4) is 0 Å². The van der Waals surface area contributed by atoms with Crippen LogP contribution in [0.25, 0.3) is 0 Å². The fourth-order valence-corrected chi connectivity index (χ4v) is 2.74. The number of amides is 2. The Morgan fingerprint density at radius 3 is 2.59 bits per heavy atom. The maximum absolute atomic E-state index is 12.0. The molecule has 0 spiro atoms. The number of hydrogen-bond donors (Lipinski definition) is 4. The van der Waals surface area contributed by atoms with Gasteiger partial charge in [0.2, 0.25) is 5.88 Å². The summed E-state index contributed by atoms with van der Waals surface area (Å²) in [7, 11) is 0. The zero-order valence-corrected chi connectivity index (χ0v) is 12.3. The number of carbonyl (C=O) groups is 1. The lowest BCUT2D eigenvalue weighted by molar-refractivity contribution is 0.249. The molecule has 1 aliphatic rings. The first-order valence-corrected chi connectivity index (χ1v) is 7.09. The van der Waals surface area contributed by atoms with Gasteiger partial charge in [-0.05, 0) is 19.8 Å². The summed E-state index contributed by atoms with van der Waals surface area (Å²) in [5.74, 6) is -0.437. The van der Waals surface area contributed by atoms with Gasteiger partial charge in [0.15, 0.2) is 0 Å². The highest BCUT2D eigenvalue weighted by molar-refractivity contribution is 6.00. The molecule has 1 aliphatic carbocycles. The third-order valence-electron chi connectivity index (χ3n) is 3.75. The van der Waals surface area contributed by atoms with Crippen molar-refractivity contribution < 1.29 is 9.90 Å². The number of carbonyl (C=O) groups excluding carboxylic acids is 1. The minimum Gasteiger partial charge on any atom is -0.494 e. The number of urea groups is 1. The first-order valence-electron chi connectivity index (χ1n) is 7.09. The first-order chi connectivity index (χ1) is 10.4. The summed E-state index contributed by atoms with van der Waals surface area (Å²) >= 11 is 0. The molecule has 2 amide bonds. The predicted molar refractivity (Wildman–Crippen MR) is 80.0 cm³/mol. The summed E-state index contributed by atoms with van der Waals surface area (Å²) in [6, 6.07) is -1.05. The summed E-state index contributed by atoms with van der Waals surface area (Å²) < 4.78 is 1.19. The zero-order chi connectivity index (χ0) is 16.3. The van der Waals surface area contributed by atoms with Gasteiger partial charge in [-0.1, -0.05) is 19.3 Å². The average molecular weight is 309 g/mol. The van der Waals surface area contributed by atoms with Crippen molar-refractivity contribution in [1.82, 2.24) is 15.0 Å². The molecule has 0 saturated heterocycles. The molecule has 0 radical (unpaired) electrons. The van der Waals surface area contributed by atoms with Gasteiger partial charge in [-0.25, -0.2) is 15.0 Å². The Morgan fingerprint density at radius 1 is 1.36 bits per heavy atom. The Balaban J connectivity index is 2.51. The number of rotatable bonds is 3. The monoisotopic (exact) mass is 309 g/mol. The van der Waals surface area contributed by atoms with Gasteiger partial charge in [-0.15, -0.1) is 0 Å². The molecule has 120 valence electrons. The van der Waals surface area contributed by atoms with E-state index in [1.165, 1.54) is 11.5 Å². The molecule has 0 aliphatic heterocycles. The predicted octanol–water partition coefficient (Wildman–Crippen LogP) is 0.140. The van der Waals surface area contributed by atoms with Gasteiger partial charge < -0.3 is 10.8 Å². The maximum atomic E-state index is 12.0. The molecule has 22 heavy (non-hydrogen) atoms. The second-order valence-electron chi connectivity index (χ2n) is 5.29. The Bertz CT molecular complexity index is 712. The van der Waals surface area contributed by atoms with Crippen molar-refractivity contribution in [3.05, 3.63) is 26.4 Å². The lowest BCUT2D eigenvalue weighted by Gasteiger charge is -2.25. The van der Waals surface area contributed by atoms with Crippen LogP contribution in [0, 0.1) is 0 Å². The van der Waals surface area contributed by atoms with E-state index in [0.29, 0.717) is 0 Å². The summed E-state index contributed by atoms with van der Waals surface area (Å²) in [5.41, 5.74) is 5.39. The van der Waals surface area contributed by atoms with Gasteiger partial charge in [0.05, 0.1) is 5.71 Å². The van der Waals surface area contributed by atoms with E-state index >= 15 is 0 Å². The normalized spacial score (nSPS) is 16.5. The van der Waals surface area contributed by atoms with E-state index in [2.05, 4.69) is 10.1 Å².